The number of ether oxygens (including phenoxy) is 2. The molecule has 1 aromatic carbocycles. The lowest BCUT2D eigenvalue weighted by Gasteiger charge is -2.31. The van der Waals surface area contributed by atoms with Gasteiger partial charge in [0.25, 0.3) is 0 Å². The number of piperidine rings is 2. The van der Waals surface area contributed by atoms with Crippen LogP contribution < -0.4 is 9.47 Å². The van der Waals surface area contributed by atoms with Crippen LogP contribution >= 0.6 is 24.8 Å². The van der Waals surface area contributed by atoms with Crippen molar-refractivity contribution < 1.29 is 14.3 Å². The molecule has 2 aliphatic rings. The first-order valence-electron chi connectivity index (χ1n) is 13.2. The van der Waals surface area contributed by atoms with Gasteiger partial charge < -0.3 is 19.3 Å². The number of aromatic nitrogens is 2. The van der Waals surface area contributed by atoms with Crippen molar-refractivity contribution in [2.75, 3.05) is 39.8 Å². The highest BCUT2D eigenvalue weighted by atomic mass is 35.5. The summed E-state index contributed by atoms with van der Waals surface area (Å²) in [5.74, 6) is 2.16. The van der Waals surface area contributed by atoms with Gasteiger partial charge in [-0.15, -0.1) is 29.9 Å². The molecule has 7 nitrogen and oxygen atoms in total. The summed E-state index contributed by atoms with van der Waals surface area (Å²) in [7, 11) is 2.15. The van der Waals surface area contributed by atoms with Crippen LogP contribution in [0, 0.1) is 5.92 Å². The number of halogens is 2. The van der Waals surface area contributed by atoms with Crippen molar-refractivity contribution in [3.8, 4) is 22.8 Å². The van der Waals surface area contributed by atoms with E-state index < -0.39 is 0 Å². The molecular weight excluding hydrogens is 511 g/mol. The first-order valence-corrected chi connectivity index (χ1v) is 13.2. The highest BCUT2D eigenvalue weighted by Gasteiger charge is 2.22. The van der Waals surface area contributed by atoms with Crippen molar-refractivity contribution in [3.63, 3.8) is 0 Å². The van der Waals surface area contributed by atoms with E-state index in [-0.39, 0.29) is 36.8 Å². The Hall–Kier alpha value is -2.09. The van der Waals surface area contributed by atoms with Crippen LogP contribution in [0.1, 0.15) is 58.1 Å². The first kappa shape index (κ1) is 31.1. The van der Waals surface area contributed by atoms with Crippen LogP contribution in [0.25, 0.3) is 11.1 Å². The second-order valence-corrected chi connectivity index (χ2v) is 10.1. The Morgan fingerprint density at radius 3 is 2.30 bits per heavy atom. The molecule has 37 heavy (non-hydrogen) atoms. The van der Waals surface area contributed by atoms with E-state index in [2.05, 4.69) is 47.3 Å². The summed E-state index contributed by atoms with van der Waals surface area (Å²) in [6.07, 6.45) is 7.35. The number of benzene rings is 1. The highest BCUT2D eigenvalue weighted by molar-refractivity contribution is 5.85. The molecule has 1 aromatic heterocycles. The van der Waals surface area contributed by atoms with E-state index >= 15 is 0 Å². The van der Waals surface area contributed by atoms with Gasteiger partial charge in [0.05, 0.1) is 12.3 Å². The van der Waals surface area contributed by atoms with E-state index in [4.69, 9.17) is 9.47 Å². The van der Waals surface area contributed by atoms with Gasteiger partial charge in [-0.3, -0.25) is 4.79 Å². The number of rotatable bonds is 9. The quantitative estimate of drug-likeness (QED) is 0.412. The smallest absolute Gasteiger partial charge is 0.234 e. The number of unbranched alkanes of at least 4 members (excludes halogenated alkanes) is 1. The highest BCUT2D eigenvalue weighted by Crippen LogP contribution is 2.29. The van der Waals surface area contributed by atoms with Gasteiger partial charge in [-0.25, -0.2) is 0 Å². The largest absolute Gasteiger partial charge is 0.493 e. The van der Waals surface area contributed by atoms with Gasteiger partial charge in [0, 0.05) is 44.7 Å². The Labute approximate surface area is 234 Å². The van der Waals surface area contributed by atoms with Crippen LogP contribution in [-0.4, -0.2) is 71.8 Å². The normalized spacial score (nSPS) is 17.0. The number of hydrogen-bond donors (Lipinski definition) is 0. The number of carbonyl (C=O) groups excluding carboxylic acids is 1. The van der Waals surface area contributed by atoms with Crippen LogP contribution in [0.4, 0.5) is 0 Å². The minimum atomic E-state index is 0. The van der Waals surface area contributed by atoms with Crippen molar-refractivity contribution in [2.24, 2.45) is 5.92 Å². The predicted octanol–water partition coefficient (Wildman–Crippen LogP) is 5.44. The molecule has 0 bridgehead atoms. The van der Waals surface area contributed by atoms with E-state index in [1.165, 1.54) is 0 Å². The Bertz CT molecular complexity index is 960. The molecule has 0 spiro atoms. The molecule has 1 amide bonds. The fraction of sp³-hybridized carbons (Fsp3) is 0.607. The summed E-state index contributed by atoms with van der Waals surface area (Å²) in [6, 6.07) is 10.4. The van der Waals surface area contributed by atoms with Gasteiger partial charge in [0.1, 0.15) is 11.9 Å². The molecule has 2 saturated heterocycles. The number of hydrogen-bond acceptors (Lipinski definition) is 6. The lowest BCUT2D eigenvalue weighted by Crippen LogP contribution is -2.38. The lowest BCUT2D eigenvalue weighted by molar-refractivity contribution is -0.130. The molecule has 0 aliphatic carbocycles. The zero-order valence-electron chi connectivity index (χ0n) is 22.4. The predicted molar refractivity (Wildman–Crippen MR) is 152 cm³/mol. The average molecular weight is 554 g/mol. The molecule has 9 heteroatoms. The third-order valence-corrected chi connectivity index (χ3v) is 7.28. The molecule has 2 aliphatic heterocycles. The molecule has 0 atom stereocenters. The molecule has 2 fully saturated rings. The maximum Gasteiger partial charge on any atom is 0.234 e. The van der Waals surface area contributed by atoms with Gasteiger partial charge in [-0.05, 0) is 69.2 Å². The van der Waals surface area contributed by atoms with E-state index in [1.54, 1.807) is 6.92 Å². The van der Waals surface area contributed by atoms with Gasteiger partial charge in [0.2, 0.25) is 11.8 Å². The minimum Gasteiger partial charge on any atom is -0.493 e. The summed E-state index contributed by atoms with van der Waals surface area (Å²) in [4.78, 5) is 15.8. The van der Waals surface area contributed by atoms with Crippen molar-refractivity contribution in [3.05, 3.63) is 36.0 Å². The number of aryl methyl sites for hydroxylation is 1. The molecule has 0 radical (unpaired) electrons. The molecule has 3 heterocycles. The number of likely N-dealkylation sites (tertiary alicyclic amines) is 2. The van der Waals surface area contributed by atoms with E-state index in [0.717, 1.165) is 93.7 Å². The van der Waals surface area contributed by atoms with Crippen LogP contribution in [0.3, 0.4) is 0 Å². The molecular formula is C28H42Cl2N4O3. The van der Waals surface area contributed by atoms with E-state index in [0.29, 0.717) is 18.4 Å². The topological polar surface area (TPSA) is 67.8 Å². The maximum atomic E-state index is 11.5. The molecule has 0 saturated carbocycles. The Balaban J connectivity index is 0.00000241. The summed E-state index contributed by atoms with van der Waals surface area (Å²) in [5, 5.41) is 8.98. The van der Waals surface area contributed by atoms with E-state index in [1.807, 2.05) is 17.0 Å². The summed E-state index contributed by atoms with van der Waals surface area (Å²) in [5.41, 5.74) is 3.23. The van der Waals surface area contributed by atoms with Crippen molar-refractivity contribution >= 4 is 30.7 Å². The lowest BCUT2D eigenvalue weighted by atomic mass is 9.98. The molecule has 4 rings (SSSR count). The van der Waals surface area contributed by atoms with Crippen LogP contribution in [0.15, 0.2) is 30.3 Å². The fourth-order valence-electron chi connectivity index (χ4n) is 4.87. The first-order chi connectivity index (χ1) is 17.0. The summed E-state index contributed by atoms with van der Waals surface area (Å²) in [6.45, 7) is 8.31. The van der Waals surface area contributed by atoms with Gasteiger partial charge in [0.15, 0.2) is 0 Å². The third kappa shape index (κ3) is 9.01. The SMILES string of the molecule is CCCCc1nnc(OC2CCN(C)CC2)cc1-c1ccc(OCC2CCN(C(C)=O)CC2)cc1.Cl.Cl. The number of amides is 1. The molecule has 0 N–H and O–H groups in total. The maximum absolute atomic E-state index is 11.5. The zero-order valence-corrected chi connectivity index (χ0v) is 24.0. The Kier molecular flexibility index (Phi) is 12.9. The standard InChI is InChI=1S/C28H40N4O3.2ClH/c1-4-5-6-27-26(19-28(30-29-27)35-25-13-15-31(3)16-14-25)23-7-9-24(10-8-23)34-20-22-11-17-32(18-12-22)21(2)33;;/h7-10,19,22,25H,4-6,11-18,20H2,1-3H3;2*1H. The van der Waals surface area contributed by atoms with Crippen molar-refractivity contribution in [1.82, 2.24) is 20.0 Å². The minimum absolute atomic E-state index is 0. The zero-order chi connectivity index (χ0) is 24.6. The average Bonchev–Trinajstić information content (AvgIpc) is 2.88. The second-order valence-electron chi connectivity index (χ2n) is 10.1. The summed E-state index contributed by atoms with van der Waals surface area (Å²) < 4.78 is 12.3. The fourth-order valence-corrected chi connectivity index (χ4v) is 4.87. The Morgan fingerprint density at radius 1 is 1.00 bits per heavy atom. The second kappa shape index (κ2) is 15.4. The van der Waals surface area contributed by atoms with Gasteiger partial charge in [-0.2, -0.15) is 5.10 Å². The van der Waals surface area contributed by atoms with Crippen LogP contribution in [0.2, 0.25) is 0 Å². The molecule has 206 valence electrons. The van der Waals surface area contributed by atoms with Crippen molar-refractivity contribution in [2.45, 2.75) is 64.9 Å². The number of carbonyl (C=O) groups is 1. The molecule has 0 unspecified atom stereocenters. The molecule has 2 aromatic rings. The van der Waals surface area contributed by atoms with Crippen molar-refractivity contribution in [1.29, 1.82) is 0 Å². The monoisotopic (exact) mass is 552 g/mol. The van der Waals surface area contributed by atoms with Gasteiger partial charge >= 0.3 is 0 Å². The third-order valence-electron chi connectivity index (χ3n) is 7.28. The Morgan fingerprint density at radius 2 is 1.68 bits per heavy atom. The van der Waals surface area contributed by atoms with Crippen LogP contribution in [-0.2, 0) is 11.2 Å². The summed E-state index contributed by atoms with van der Waals surface area (Å²) >= 11 is 0. The van der Waals surface area contributed by atoms with Crippen LogP contribution in [0.5, 0.6) is 11.6 Å². The number of nitrogens with zero attached hydrogens (tertiary/aromatic N) is 4. The van der Waals surface area contributed by atoms with Gasteiger partial charge in [-0.1, -0.05) is 25.5 Å². The van der Waals surface area contributed by atoms with E-state index in [9.17, 15) is 4.79 Å².